The van der Waals surface area contributed by atoms with Gasteiger partial charge < -0.3 is 10.1 Å². The topological polar surface area (TPSA) is 131 Å². The maximum atomic E-state index is 13.0. The Morgan fingerprint density at radius 3 is 2.49 bits per heavy atom. The number of nitrogens with zero attached hydrogens (tertiary/aromatic N) is 2. The number of benzene rings is 3. The monoisotopic (exact) mass is 476 g/mol. The van der Waals surface area contributed by atoms with Crippen LogP contribution in [0.5, 0.6) is 5.75 Å². The molecule has 10 nitrogen and oxygen atoms in total. The van der Waals surface area contributed by atoms with Crippen LogP contribution in [0.15, 0.2) is 78.4 Å². The number of halogens is 1. The third-order valence-electron chi connectivity index (χ3n) is 4.88. The highest BCUT2D eigenvalue weighted by Crippen LogP contribution is 2.30. The van der Waals surface area contributed by atoms with Crippen LogP contribution < -0.4 is 20.5 Å². The molecule has 1 saturated heterocycles. The van der Waals surface area contributed by atoms with Crippen LogP contribution in [0.25, 0.3) is 6.08 Å². The number of ether oxygens (including phenoxy) is 1. The normalized spacial score (nSPS) is 14.1. The molecule has 3 amide bonds. The van der Waals surface area contributed by atoms with Gasteiger partial charge in [0.05, 0.1) is 10.6 Å². The second-order valence-corrected chi connectivity index (χ2v) is 7.30. The number of hydrogen-bond donors (Lipinski definition) is 2. The van der Waals surface area contributed by atoms with Gasteiger partial charge in [0, 0.05) is 11.8 Å². The van der Waals surface area contributed by atoms with E-state index in [1.807, 2.05) is 0 Å². The molecular formula is C24H17FN4O6. The minimum absolute atomic E-state index is 0.181. The number of hydrogen-bond acceptors (Lipinski definition) is 6. The van der Waals surface area contributed by atoms with Gasteiger partial charge >= 0.3 is 5.69 Å². The molecule has 3 aromatic carbocycles. The van der Waals surface area contributed by atoms with E-state index < -0.39 is 40.8 Å². The number of nitrogens with one attached hydrogen (secondary N) is 2. The predicted molar refractivity (Wildman–Crippen MR) is 124 cm³/mol. The lowest BCUT2D eigenvalue weighted by molar-refractivity contribution is -0.385. The molecule has 0 aromatic heterocycles. The highest BCUT2D eigenvalue weighted by atomic mass is 19.1. The van der Waals surface area contributed by atoms with E-state index in [2.05, 4.69) is 10.7 Å². The fraction of sp³-hybridized carbons (Fsp3) is 0.0417. The quantitative estimate of drug-likeness (QED) is 0.233. The Bertz CT molecular complexity index is 1340. The molecule has 2 N–H and O–H groups in total. The third-order valence-corrected chi connectivity index (χ3v) is 4.88. The van der Waals surface area contributed by atoms with Gasteiger partial charge in [0.2, 0.25) is 0 Å². The lowest BCUT2D eigenvalue weighted by Gasteiger charge is -2.13. The highest BCUT2D eigenvalue weighted by Gasteiger charge is 2.34. The molecule has 0 unspecified atom stereocenters. The van der Waals surface area contributed by atoms with Gasteiger partial charge in [0.15, 0.2) is 12.4 Å². The predicted octanol–water partition coefficient (Wildman–Crippen LogP) is 3.21. The number of amides is 3. The van der Waals surface area contributed by atoms with Crippen molar-refractivity contribution in [1.29, 1.82) is 0 Å². The minimum atomic E-state index is -0.706. The number of nitro benzene ring substituents is 1. The van der Waals surface area contributed by atoms with Crippen LogP contribution in [0.4, 0.5) is 21.5 Å². The summed E-state index contributed by atoms with van der Waals surface area (Å²) in [6.45, 7) is -0.536. The van der Waals surface area contributed by atoms with E-state index >= 15 is 0 Å². The summed E-state index contributed by atoms with van der Waals surface area (Å²) in [4.78, 5) is 48.0. The first-order valence-corrected chi connectivity index (χ1v) is 10.2. The van der Waals surface area contributed by atoms with Crippen LogP contribution in [-0.2, 0) is 14.4 Å². The van der Waals surface area contributed by atoms with Crippen LogP contribution >= 0.6 is 0 Å². The fourth-order valence-corrected chi connectivity index (χ4v) is 3.25. The molecule has 35 heavy (non-hydrogen) atoms. The Balaban J connectivity index is 1.49. The molecule has 0 radical (unpaired) electrons. The summed E-state index contributed by atoms with van der Waals surface area (Å²) >= 11 is 0. The lowest BCUT2D eigenvalue weighted by Crippen LogP contribution is -2.35. The molecule has 3 aromatic rings. The van der Waals surface area contributed by atoms with Gasteiger partial charge in [-0.25, -0.2) is 9.40 Å². The Kier molecular flexibility index (Phi) is 6.49. The minimum Gasteiger partial charge on any atom is -0.477 e. The van der Waals surface area contributed by atoms with Crippen LogP contribution in [-0.4, -0.2) is 29.3 Å². The first-order valence-electron chi connectivity index (χ1n) is 10.2. The highest BCUT2D eigenvalue weighted by molar-refractivity contribution is 6.31. The van der Waals surface area contributed by atoms with E-state index in [0.29, 0.717) is 11.4 Å². The van der Waals surface area contributed by atoms with Crippen molar-refractivity contribution in [2.75, 3.05) is 16.9 Å². The molecule has 1 aliphatic heterocycles. The summed E-state index contributed by atoms with van der Waals surface area (Å²) in [5, 5.41) is 15.1. The van der Waals surface area contributed by atoms with E-state index in [0.717, 1.165) is 11.1 Å². The van der Waals surface area contributed by atoms with Crippen LogP contribution in [0.1, 0.15) is 5.56 Å². The average Bonchev–Trinajstić information content (AvgIpc) is 3.13. The van der Waals surface area contributed by atoms with E-state index in [9.17, 15) is 28.9 Å². The average molecular weight is 476 g/mol. The van der Waals surface area contributed by atoms with Gasteiger partial charge in [-0.1, -0.05) is 24.3 Å². The lowest BCUT2D eigenvalue weighted by atomic mass is 10.1. The molecule has 0 spiro atoms. The molecular weight excluding hydrogens is 459 g/mol. The molecule has 0 saturated carbocycles. The summed E-state index contributed by atoms with van der Waals surface area (Å²) in [7, 11) is 0. The van der Waals surface area contributed by atoms with Crippen molar-refractivity contribution < 1.29 is 28.4 Å². The summed E-state index contributed by atoms with van der Waals surface area (Å²) < 4.78 is 18.3. The van der Waals surface area contributed by atoms with Crippen molar-refractivity contribution in [2.24, 2.45) is 0 Å². The number of anilines is 2. The second kappa shape index (κ2) is 9.83. The summed E-state index contributed by atoms with van der Waals surface area (Å²) in [5.41, 5.74) is 2.80. The van der Waals surface area contributed by atoms with E-state index in [1.54, 1.807) is 30.3 Å². The number of nitro groups is 1. The molecule has 1 aliphatic rings. The SMILES string of the molecule is O=C(COc1ccc(C=C2C(=O)NN(c3ccccc3)C2=O)cc1[N+](=O)[O-])Nc1ccc(F)cc1. The number of para-hydroxylation sites is 1. The Morgan fingerprint density at radius 1 is 1.09 bits per heavy atom. The first-order chi connectivity index (χ1) is 16.8. The van der Waals surface area contributed by atoms with Gasteiger partial charge in [-0.3, -0.25) is 29.9 Å². The molecule has 11 heteroatoms. The number of rotatable bonds is 7. The molecule has 4 rings (SSSR count). The van der Waals surface area contributed by atoms with Crippen LogP contribution in [0.3, 0.4) is 0 Å². The molecule has 0 atom stereocenters. The van der Waals surface area contributed by atoms with E-state index in [-0.39, 0.29) is 16.9 Å². The van der Waals surface area contributed by atoms with Crippen molar-refractivity contribution in [1.82, 2.24) is 5.43 Å². The first kappa shape index (κ1) is 23.1. The smallest absolute Gasteiger partial charge is 0.311 e. The molecule has 1 heterocycles. The fourth-order valence-electron chi connectivity index (χ4n) is 3.25. The Labute approximate surface area is 197 Å². The van der Waals surface area contributed by atoms with Gasteiger partial charge in [0.1, 0.15) is 11.4 Å². The molecule has 0 aliphatic carbocycles. The van der Waals surface area contributed by atoms with Crippen molar-refractivity contribution >= 4 is 40.9 Å². The van der Waals surface area contributed by atoms with Gasteiger partial charge in [-0.05, 0) is 54.1 Å². The Morgan fingerprint density at radius 2 is 1.80 bits per heavy atom. The van der Waals surface area contributed by atoms with E-state index in [4.69, 9.17) is 4.74 Å². The van der Waals surface area contributed by atoms with Crippen molar-refractivity contribution in [2.45, 2.75) is 0 Å². The van der Waals surface area contributed by atoms with Crippen molar-refractivity contribution in [3.05, 3.63) is 99.9 Å². The zero-order valence-corrected chi connectivity index (χ0v) is 17.9. The Hall–Kier alpha value is -5.06. The standard InChI is InChI=1S/C24H17FN4O6/c25-16-7-9-17(10-8-16)26-22(30)14-35-21-11-6-15(13-20(21)29(33)34)12-19-23(31)27-28(24(19)32)18-4-2-1-3-5-18/h1-13H,14H2,(H,26,30)(H,27,31). The maximum Gasteiger partial charge on any atom is 0.311 e. The van der Waals surface area contributed by atoms with Gasteiger partial charge in [0.25, 0.3) is 17.7 Å². The van der Waals surface area contributed by atoms with Gasteiger partial charge in [-0.2, -0.15) is 0 Å². The zero-order valence-electron chi connectivity index (χ0n) is 17.9. The molecule has 0 bridgehead atoms. The number of carbonyl (C=O) groups excluding carboxylic acids is 3. The summed E-state index contributed by atoms with van der Waals surface area (Å²) in [6, 6.07) is 17.3. The summed E-state index contributed by atoms with van der Waals surface area (Å²) in [6.07, 6.45) is 1.23. The van der Waals surface area contributed by atoms with Crippen LogP contribution in [0.2, 0.25) is 0 Å². The molecule has 1 fully saturated rings. The second-order valence-electron chi connectivity index (χ2n) is 7.30. The molecule has 176 valence electrons. The van der Waals surface area contributed by atoms with Crippen molar-refractivity contribution in [3.8, 4) is 5.75 Å². The van der Waals surface area contributed by atoms with Crippen molar-refractivity contribution in [3.63, 3.8) is 0 Å². The van der Waals surface area contributed by atoms with Crippen LogP contribution in [0, 0.1) is 15.9 Å². The largest absolute Gasteiger partial charge is 0.477 e. The van der Waals surface area contributed by atoms with E-state index in [1.165, 1.54) is 42.5 Å². The number of hydrazine groups is 1. The van der Waals surface area contributed by atoms with Gasteiger partial charge in [-0.15, -0.1) is 0 Å². The third kappa shape index (κ3) is 5.30. The number of carbonyl (C=O) groups is 3. The summed E-state index contributed by atoms with van der Waals surface area (Å²) in [5.74, 6) is -2.51. The zero-order chi connectivity index (χ0) is 24.9. The maximum absolute atomic E-state index is 13.0.